The highest BCUT2D eigenvalue weighted by atomic mass is 31.2. The second-order valence-electron chi connectivity index (χ2n) is 15.1. The lowest BCUT2D eigenvalue weighted by Gasteiger charge is -2.20. The van der Waals surface area contributed by atoms with Crippen molar-refractivity contribution >= 4 is 19.8 Å². The predicted octanol–water partition coefficient (Wildman–Crippen LogP) is 11.8. The van der Waals surface area contributed by atoms with E-state index in [9.17, 15) is 24.2 Å². The van der Waals surface area contributed by atoms with Gasteiger partial charge in [-0.25, -0.2) is 4.57 Å². The van der Waals surface area contributed by atoms with Crippen LogP contribution >= 0.6 is 7.82 Å². The molecule has 0 amide bonds. The summed E-state index contributed by atoms with van der Waals surface area (Å²) in [5.74, 6) is -0.932. The Kier molecular flexibility index (Phi) is 39.5. The Morgan fingerprint density at radius 3 is 1.44 bits per heavy atom. The van der Waals surface area contributed by atoms with Gasteiger partial charge in [-0.1, -0.05) is 173 Å². The van der Waals surface area contributed by atoms with Crippen molar-refractivity contribution in [2.75, 3.05) is 26.4 Å². The maximum Gasteiger partial charge on any atom is 0.472 e. The molecule has 0 aromatic carbocycles. The van der Waals surface area contributed by atoms with Gasteiger partial charge in [0, 0.05) is 12.8 Å². The third-order valence-corrected chi connectivity index (χ3v) is 10.6. The van der Waals surface area contributed by atoms with E-state index in [0.29, 0.717) is 12.8 Å². The maximum atomic E-state index is 12.6. The van der Waals surface area contributed by atoms with E-state index in [1.807, 2.05) is 0 Å². The highest BCUT2D eigenvalue weighted by Crippen LogP contribution is 2.43. The van der Waals surface area contributed by atoms with Crippen LogP contribution in [0.1, 0.15) is 206 Å². The molecule has 324 valence electrons. The molecule has 0 aromatic heterocycles. The summed E-state index contributed by atoms with van der Waals surface area (Å²) in [7, 11) is -4.62. The minimum absolute atomic E-state index is 0.186. The van der Waals surface area contributed by atoms with Crippen LogP contribution in [-0.2, 0) is 32.7 Å². The van der Waals surface area contributed by atoms with Crippen LogP contribution in [0, 0.1) is 0 Å². The average Bonchev–Trinajstić information content (AvgIpc) is 3.17. The Hall–Kier alpha value is -1.55. The van der Waals surface area contributed by atoms with Gasteiger partial charge in [0.05, 0.1) is 19.8 Å². The number of aliphatic hydroxyl groups excluding tert-OH is 2. The number of ether oxygens (including phenoxy) is 2. The summed E-state index contributed by atoms with van der Waals surface area (Å²) >= 11 is 0. The number of phosphoric acid groups is 1. The number of hydrogen-bond donors (Lipinski definition) is 3. The summed E-state index contributed by atoms with van der Waals surface area (Å²) in [5.41, 5.74) is 0. The van der Waals surface area contributed by atoms with Crippen LogP contribution < -0.4 is 0 Å². The summed E-state index contributed by atoms with van der Waals surface area (Å²) in [4.78, 5) is 35.0. The summed E-state index contributed by atoms with van der Waals surface area (Å²) in [6, 6.07) is 0. The Morgan fingerprint density at radius 1 is 0.545 bits per heavy atom. The molecule has 3 N–H and O–H groups in total. The standard InChI is InChI=1S/C44H83O10P/c1-3-5-7-9-11-13-15-17-19-20-22-24-26-28-30-32-34-36-44(48)54-42(40-53-55(49,50)52-38-41(46)37-45)39-51-43(47)35-33-31-29-27-25-23-21-18-16-14-12-10-8-6-4-2/h12,14,18,21,41-42,45-46H,3-11,13,15-17,19-20,22-40H2,1-2H3,(H,49,50)/b14-12-,21-18-/t41-,42+/m0/s1. The van der Waals surface area contributed by atoms with Crippen molar-refractivity contribution in [3.8, 4) is 0 Å². The first-order valence-electron chi connectivity index (χ1n) is 22.3. The van der Waals surface area contributed by atoms with Crippen molar-refractivity contribution in [3.05, 3.63) is 24.3 Å². The molecular weight excluding hydrogens is 719 g/mol. The van der Waals surface area contributed by atoms with Crippen LogP contribution in [0.25, 0.3) is 0 Å². The van der Waals surface area contributed by atoms with Gasteiger partial charge in [0.2, 0.25) is 0 Å². The number of allylic oxidation sites excluding steroid dienone is 4. The van der Waals surface area contributed by atoms with Gasteiger partial charge in [-0.3, -0.25) is 18.6 Å². The SMILES string of the molecule is CCCCC/C=C\C/C=C\CCCCCCCC(=O)OC[C@H](COP(=O)(O)OC[C@@H](O)CO)OC(=O)CCCCCCCCCCCCCCCCCCC. The van der Waals surface area contributed by atoms with Crippen LogP contribution in [-0.4, -0.2) is 65.7 Å². The van der Waals surface area contributed by atoms with E-state index in [0.717, 1.165) is 57.8 Å². The molecule has 11 heteroatoms. The van der Waals surface area contributed by atoms with Gasteiger partial charge in [-0.05, 0) is 44.9 Å². The third kappa shape index (κ3) is 40.4. The monoisotopic (exact) mass is 803 g/mol. The predicted molar refractivity (Wildman–Crippen MR) is 224 cm³/mol. The zero-order valence-electron chi connectivity index (χ0n) is 35.2. The number of aliphatic hydroxyl groups is 2. The van der Waals surface area contributed by atoms with Crippen molar-refractivity contribution < 1.29 is 47.8 Å². The van der Waals surface area contributed by atoms with Gasteiger partial charge in [0.1, 0.15) is 12.7 Å². The van der Waals surface area contributed by atoms with Gasteiger partial charge in [-0.15, -0.1) is 0 Å². The maximum absolute atomic E-state index is 12.6. The minimum Gasteiger partial charge on any atom is -0.462 e. The second-order valence-corrected chi connectivity index (χ2v) is 16.5. The van der Waals surface area contributed by atoms with Gasteiger partial charge in [-0.2, -0.15) is 0 Å². The molecule has 0 fully saturated rings. The second kappa shape index (κ2) is 40.6. The summed E-state index contributed by atoms with van der Waals surface area (Å²) < 4.78 is 32.7. The topological polar surface area (TPSA) is 149 Å². The van der Waals surface area contributed by atoms with E-state index in [1.54, 1.807) is 0 Å². The Bertz CT molecular complexity index is 972. The highest BCUT2D eigenvalue weighted by molar-refractivity contribution is 7.47. The molecule has 0 saturated carbocycles. The first-order valence-corrected chi connectivity index (χ1v) is 23.8. The van der Waals surface area contributed by atoms with Crippen LogP contribution in [0.3, 0.4) is 0 Å². The Labute approximate surface area is 336 Å². The fourth-order valence-electron chi connectivity index (χ4n) is 6.14. The number of phosphoric ester groups is 1. The Balaban J connectivity index is 4.27. The van der Waals surface area contributed by atoms with E-state index in [1.165, 1.54) is 109 Å². The number of rotatable bonds is 42. The van der Waals surface area contributed by atoms with E-state index >= 15 is 0 Å². The molecular formula is C44H83O10P. The molecule has 0 aliphatic heterocycles. The summed E-state index contributed by atoms with van der Waals surface area (Å²) in [5, 5.41) is 18.3. The lowest BCUT2D eigenvalue weighted by atomic mass is 10.0. The number of carbonyl (C=O) groups excluding carboxylic acids is 2. The normalized spacial score (nSPS) is 14.1. The number of carbonyl (C=O) groups is 2. The molecule has 0 aliphatic rings. The van der Waals surface area contributed by atoms with Crippen molar-refractivity contribution in [1.29, 1.82) is 0 Å². The van der Waals surface area contributed by atoms with E-state index in [2.05, 4.69) is 38.2 Å². The molecule has 0 aliphatic carbocycles. The summed E-state index contributed by atoms with van der Waals surface area (Å²) in [6.45, 7) is 2.36. The lowest BCUT2D eigenvalue weighted by Crippen LogP contribution is -2.29. The Morgan fingerprint density at radius 2 is 0.945 bits per heavy atom. The number of unbranched alkanes of at least 4 members (excludes halogenated alkanes) is 24. The largest absolute Gasteiger partial charge is 0.472 e. The molecule has 0 bridgehead atoms. The van der Waals surface area contributed by atoms with E-state index < -0.39 is 51.8 Å². The molecule has 1 unspecified atom stereocenters. The third-order valence-electron chi connectivity index (χ3n) is 9.61. The quantitative estimate of drug-likeness (QED) is 0.0236. The first-order chi connectivity index (χ1) is 26.7. The van der Waals surface area contributed by atoms with Gasteiger partial charge in [0.25, 0.3) is 0 Å². The van der Waals surface area contributed by atoms with Gasteiger partial charge < -0.3 is 24.6 Å². The first kappa shape index (κ1) is 53.5. The minimum atomic E-state index is -4.62. The van der Waals surface area contributed by atoms with E-state index in [4.69, 9.17) is 23.6 Å². The molecule has 10 nitrogen and oxygen atoms in total. The van der Waals surface area contributed by atoms with Crippen LogP contribution in [0.15, 0.2) is 24.3 Å². The van der Waals surface area contributed by atoms with Crippen molar-refractivity contribution in [2.45, 2.75) is 219 Å². The van der Waals surface area contributed by atoms with Gasteiger partial charge >= 0.3 is 19.8 Å². The van der Waals surface area contributed by atoms with E-state index in [-0.39, 0.29) is 19.4 Å². The number of hydrogen-bond acceptors (Lipinski definition) is 9. The smallest absolute Gasteiger partial charge is 0.462 e. The van der Waals surface area contributed by atoms with Crippen LogP contribution in [0.5, 0.6) is 0 Å². The molecule has 0 saturated heterocycles. The lowest BCUT2D eigenvalue weighted by molar-refractivity contribution is -0.161. The molecule has 0 radical (unpaired) electrons. The van der Waals surface area contributed by atoms with Crippen molar-refractivity contribution in [3.63, 3.8) is 0 Å². The molecule has 0 aromatic rings. The molecule has 0 spiro atoms. The highest BCUT2D eigenvalue weighted by Gasteiger charge is 2.27. The van der Waals surface area contributed by atoms with Crippen molar-refractivity contribution in [2.24, 2.45) is 0 Å². The molecule has 55 heavy (non-hydrogen) atoms. The fraction of sp³-hybridized carbons (Fsp3) is 0.864. The zero-order valence-corrected chi connectivity index (χ0v) is 36.0. The van der Waals surface area contributed by atoms with Crippen molar-refractivity contribution in [1.82, 2.24) is 0 Å². The molecule has 0 rings (SSSR count). The average molecular weight is 803 g/mol. The zero-order chi connectivity index (χ0) is 40.5. The molecule has 3 atom stereocenters. The fourth-order valence-corrected chi connectivity index (χ4v) is 6.93. The van der Waals surface area contributed by atoms with Crippen LogP contribution in [0.4, 0.5) is 0 Å². The van der Waals surface area contributed by atoms with Gasteiger partial charge in [0.15, 0.2) is 6.10 Å². The summed E-state index contributed by atoms with van der Waals surface area (Å²) in [6.07, 6.45) is 39.9. The number of esters is 2. The van der Waals surface area contributed by atoms with Crippen LogP contribution in [0.2, 0.25) is 0 Å². The molecule has 0 heterocycles.